The fraction of sp³-hybridized carbons (Fsp3) is 0.0556. The Morgan fingerprint density at radius 1 is 0.864 bits per heavy atom. The van der Waals surface area contributed by atoms with Crippen molar-refractivity contribution in [1.29, 1.82) is 0 Å². The van der Waals surface area contributed by atoms with Crippen LogP contribution in [0, 0.1) is 6.92 Å². The summed E-state index contributed by atoms with van der Waals surface area (Å²) in [7, 11) is 0. The van der Waals surface area contributed by atoms with Crippen molar-refractivity contribution in [3.05, 3.63) is 74.7 Å². The Hall–Kier alpha value is -1.65. The maximum atomic E-state index is 5.73. The molecule has 0 aliphatic carbocycles. The molecule has 0 saturated heterocycles. The molecule has 0 radical (unpaired) electrons. The summed E-state index contributed by atoms with van der Waals surface area (Å²) in [6.07, 6.45) is 3.98. The molecule has 22 heavy (non-hydrogen) atoms. The van der Waals surface area contributed by atoms with Crippen molar-refractivity contribution < 1.29 is 4.42 Å². The van der Waals surface area contributed by atoms with Crippen molar-refractivity contribution in [3.8, 4) is 11.3 Å². The van der Waals surface area contributed by atoms with Gasteiger partial charge in [0.05, 0.1) is 0 Å². The molecule has 0 bridgehead atoms. The molecule has 0 N–H and O–H groups in total. The van der Waals surface area contributed by atoms with Crippen molar-refractivity contribution in [3.63, 3.8) is 0 Å². The summed E-state index contributed by atoms with van der Waals surface area (Å²) in [5, 5.41) is 0. The monoisotopic (exact) mass is 417 g/mol. The number of benzene rings is 2. The van der Waals surface area contributed by atoms with Gasteiger partial charge in [-0.2, -0.15) is 0 Å². The molecule has 0 spiro atoms. The van der Waals surface area contributed by atoms with Gasteiger partial charge in [-0.1, -0.05) is 62.2 Å². The van der Waals surface area contributed by atoms with Crippen molar-refractivity contribution in [2.45, 2.75) is 6.92 Å². The largest absolute Gasteiger partial charge is 0.441 e. The molecule has 4 heteroatoms. The van der Waals surface area contributed by atoms with Crippen LogP contribution in [0.15, 0.2) is 61.9 Å². The van der Waals surface area contributed by atoms with E-state index in [1.165, 1.54) is 0 Å². The van der Waals surface area contributed by atoms with Gasteiger partial charge in [0.25, 0.3) is 0 Å². The zero-order chi connectivity index (χ0) is 15.5. The van der Waals surface area contributed by atoms with E-state index >= 15 is 0 Å². The predicted octanol–water partition coefficient (Wildman–Crippen LogP) is 6.35. The van der Waals surface area contributed by atoms with E-state index in [1.807, 2.05) is 67.6 Å². The maximum absolute atomic E-state index is 5.73. The Kier molecular flexibility index (Phi) is 4.60. The van der Waals surface area contributed by atoms with Crippen LogP contribution in [0.5, 0.6) is 0 Å². The molecule has 110 valence electrons. The summed E-state index contributed by atoms with van der Waals surface area (Å²) in [6, 6.07) is 16.2. The number of aromatic nitrogens is 1. The quantitative estimate of drug-likeness (QED) is 0.495. The summed E-state index contributed by atoms with van der Waals surface area (Å²) in [6.45, 7) is 1.86. The highest BCUT2D eigenvalue weighted by molar-refractivity contribution is 9.10. The smallest absolute Gasteiger partial charge is 0.192 e. The topological polar surface area (TPSA) is 26.0 Å². The molecule has 0 aliphatic heterocycles. The maximum Gasteiger partial charge on any atom is 0.192 e. The fourth-order valence-electron chi connectivity index (χ4n) is 2.12. The molecule has 3 rings (SSSR count). The van der Waals surface area contributed by atoms with E-state index in [0.717, 1.165) is 31.5 Å². The van der Waals surface area contributed by atoms with Crippen molar-refractivity contribution in [2.24, 2.45) is 0 Å². The summed E-state index contributed by atoms with van der Waals surface area (Å²) in [5.74, 6) is 1.43. The molecule has 3 aromatic rings. The number of oxazole rings is 1. The summed E-state index contributed by atoms with van der Waals surface area (Å²) >= 11 is 6.88. The van der Waals surface area contributed by atoms with Gasteiger partial charge in [0, 0.05) is 21.4 Å². The minimum Gasteiger partial charge on any atom is -0.441 e. The minimum atomic E-state index is 0.661. The van der Waals surface area contributed by atoms with Crippen LogP contribution in [0.3, 0.4) is 0 Å². The number of hydrogen-bond acceptors (Lipinski definition) is 2. The van der Waals surface area contributed by atoms with Crippen LogP contribution in [0.1, 0.15) is 17.2 Å². The van der Waals surface area contributed by atoms with E-state index in [-0.39, 0.29) is 0 Å². The van der Waals surface area contributed by atoms with Crippen LogP contribution in [-0.2, 0) is 0 Å². The van der Waals surface area contributed by atoms with Crippen molar-refractivity contribution >= 4 is 44.0 Å². The van der Waals surface area contributed by atoms with Gasteiger partial charge in [-0.15, -0.1) is 0 Å². The van der Waals surface area contributed by atoms with Crippen molar-refractivity contribution in [2.75, 3.05) is 0 Å². The number of hydrogen-bond donors (Lipinski definition) is 0. The molecule has 0 aliphatic rings. The molecule has 2 aromatic carbocycles. The third-order valence-corrected chi connectivity index (χ3v) is 4.23. The number of rotatable bonds is 3. The number of nitrogens with zero attached hydrogens (tertiary/aromatic N) is 1. The van der Waals surface area contributed by atoms with Crippen LogP contribution in [0.4, 0.5) is 0 Å². The van der Waals surface area contributed by atoms with E-state index < -0.39 is 0 Å². The highest BCUT2D eigenvalue weighted by Gasteiger charge is 2.10. The first-order valence-corrected chi connectivity index (χ1v) is 8.37. The number of aryl methyl sites for hydroxylation is 1. The van der Waals surface area contributed by atoms with Crippen LogP contribution >= 0.6 is 31.9 Å². The first-order chi connectivity index (χ1) is 10.6. The van der Waals surface area contributed by atoms with Gasteiger partial charge in [-0.05, 0) is 35.9 Å². The second-order valence-electron chi connectivity index (χ2n) is 4.84. The van der Waals surface area contributed by atoms with Crippen LogP contribution < -0.4 is 0 Å². The second kappa shape index (κ2) is 6.63. The SMILES string of the molecule is Cc1nc(-c2ccc(Br)cc2)c(/C=C/c2ccc(Br)cc2)o1. The van der Waals surface area contributed by atoms with Gasteiger partial charge in [0.15, 0.2) is 11.7 Å². The molecule has 1 heterocycles. The van der Waals surface area contributed by atoms with E-state index in [1.54, 1.807) is 0 Å². The summed E-state index contributed by atoms with van der Waals surface area (Å²) < 4.78 is 7.84. The Labute approximate surface area is 146 Å². The van der Waals surface area contributed by atoms with Gasteiger partial charge >= 0.3 is 0 Å². The van der Waals surface area contributed by atoms with E-state index in [2.05, 4.69) is 36.8 Å². The van der Waals surface area contributed by atoms with Gasteiger partial charge in [0.2, 0.25) is 0 Å². The van der Waals surface area contributed by atoms with E-state index in [0.29, 0.717) is 5.89 Å². The van der Waals surface area contributed by atoms with E-state index in [4.69, 9.17) is 4.42 Å². The second-order valence-corrected chi connectivity index (χ2v) is 6.67. The zero-order valence-corrected chi connectivity index (χ0v) is 15.1. The van der Waals surface area contributed by atoms with Crippen LogP contribution in [-0.4, -0.2) is 4.98 Å². The zero-order valence-electron chi connectivity index (χ0n) is 11.9. The molecule has 0 unspecified atom stereocenters. The minimum absolute atomic E-state index is 0.661. The molecular weight excluding hydrogens is 406 g/mol. The molecule has 0 amide bonds. The van der Waals surface area contributed by atoms with Crippen LogP contribution in [0.25, 0.3) is 23.4 Å². The lowest BCUT2D eigenvalue weighted by Gasteiger charge is -1.98. The third-order valence-electron chi connectivity index (χ3n) is 3.18. The Morgan fingerprint density at radius 3 is 2.09 bits per heavy atom. The Bertz CT molecular complexity index is 802. The molecule has 0 fully saturated rings. The third kappa shape index (κ3) is 3.57. The lowest BCUT2D eigenvalue weighted by atomic mass is 10.1. The fourth-order valence-corrected chi connectivity index (χ4v) is 2.64. The molecule has 0 atom stereocenters. The average molecular weight is 419 g/mol. The molecule has 2 nitrogen and oxygen atoms in total. The first kappa shape index (κ1) is 15.3. The average Bonchev–Trinajstić information content (AvgIpc) is 2.88. The summed E-state index contributed by atoms with van der Waals surface area (Å²) in [4.78, 5) is 4.50. The van der Waals surface area contributed by atoms with Crippen LogP contribution in [0.2, 0.25) is 0 Å². The normalized spacial score (nSPS) is 11.2. The first-order valence-electron chi connectivity index (χ1n) is 6.79. The Morgan fingerprint density at radius 2 is 1.45 bits per heavy atom. The standard InChI is InChI=1S/C18H13Br2NO/c1-12-21-18(14-5-9-16(20)10-6-14)17(22-12)11-4-13-2-7-15(19)8-3-13/h2-11H,1H3/b11-4+. The summed E-state index contributed by atoms with van der Waals surface area (Å²) in [5.41, 5.74) is 3.01. The molecule has 1 aromatic heterocycles. The predicted molar refractivity (Wildman–Crippen MR) is 97.4 cm³/mol. The lowest BCUT2D eigenvalue weighted by Crippen LogP contribution is -1.81. The molecule has 0 saturated carbocycles. The highest BCUT2D eigenvalue weighted by Crippen LogP contribution is 2.27. The van der Waals surface area contributed by atoms with Gasteiger partial charge in [-0.25, -0.2) is 4.98 Å². The van der Waals surface area contributed by atoms with Gasteiger partial charge in [0.1, 0.15) is 5.69 Å². The highest BCUT2D eigenvalue weighted by atomic mass is 79.9. The number of halogens is 2. The van der Waals surface area contributed by atoms with Gasteiger partial charge < -0.3 is 4.42 Å². The van der Waals surface area contributed by atoms with Gasteiger partial charge in [-0.3, -0.25) is 0 Å². The Balaban J connectivity index is 1.94. The van der Waals surface area contributed by atoms with E-state index in [9.17, 15) is 0 Å². The lowest BCUT2D eigenvalue weighted by molar-refractivity contribution is 0.513. The molecular formula is C18H13Br2NO. The van der Waals surface area contributed by atoms with Crippen molar-refractivity contribution in [1.82, 2.24) is 4.98 Å².